The molecule has 2 aliphatic rings. The number of allylic oxidation sites excluding steroid dienone is 1. The number of nitrogens with one attached hydrogen (secondary N) is 2. The van der Waals surface area contributed by atoms with E-state index < -0.39 is 5.95 Å². The van der Waals surface area contributed by atoms with Crippen molar-refractivity contribution < 1.29 is 9.18 Å². The molecule has 0 spiro atoms. The number of pyridine rings is 1. The number of nitrogens with zero attached hydrogens (tertiary/aromatic N) is 2. The van der Waals surface area contributed by atoms with Crippen molar-refractivity contribution in [2.75, 3.05) is 5.32 Å². The lowest BCUT2D eigenvalue weighted by atomic mass is 9.73. The minimum absolute atomic E-state index is 0.171. The van der Waals surface area contributed by atoms with Crippen molar-refractivity contribution in [2.45, 2.75) is 78.1 Å². The number of carbonyl (C=O) groups is 1. The standard InChI is InChI=1S/C25H34FN5O/c1-15-21(16(2)31-30-15)19-13-14-20(28-24(19)26)29-25(32)23(27)22(17-9-5-3-6-10-17)18-11-7-4-8-12-18/h13-14,17-18H,3-12,27H2,1-2H3,(H,30,31)(H,28,29,32). The summed E-state index contributed by atoms with van der Waals surface area (Å²) in [5, 5.41) is 9.73. The topological polar surface area (TPSA) is 96.7 Å². The van der Waals surface area contributed by atoms with Gasteiger partial charge in [0, 0.05) is 16.8 Å². The molecule has 0 radical (unpaired) electrons. The van der Waals surface area contributed by atoms with Gasteiger partial charge in [-0.05, 0) is 69.1 Å². The van der Waals surface area contributed by atoms with Gasteiger partial charge in [-0.2, -0.15) is 9.49 Å². The van der Waals surface area contributed by atoms with Crippen molar-refractivity contribution in [1.29, 1.82) is 0 Å². The third kappa shape index (κ3) is 4.71. The zero-order chi connectivity index (χ0) is 22.7. The zero-order valence-corrected chi connectivity index (χ0v) is 19.1. The van der Waals surface area contributed by atoms with Gasteiger partial charge in [0.1, 0.15) is 5.82 Å². The van der Waals surface area contributed by atoms with Crippen LogP contribution >= 0.6 is 0 Å². The minimum Gasteiger partial charge on any atom is -0.394 e. The third-order valence-corrected chi connectivity index (χ3v) is 7.13. The van der Waals surface area contributed by atoms with Crippen LogP contribution in [0.15, 0.2) is 23.4 Å². The fourth-order valence-electron chi connectivity index (χ4n) is 5.55. The third-order valence-electron chi connectivity index (χ3n) is 7.13. The minimum atomic E-state index is -0.641. The Morgan fingerprint density at radius 1 is 1.03 bits per heavy atom. The molecule has 2 aromatic heterocycles. The zero-order valence-electron chi connectivity index (χ0n) is 19.1. The predicted molar refractivity (Wildman–Crippen MR) is 124 cm³/mol. The molecule has 32 heavy (non-hydrogen) atoms. The molecule has 0 aromatic carbocycles. The largest absolute Gasteiger partial charge is 0.394 e. The van der Waals surface area contributed by atoms with Crippen LogP contribution in [-0.2, 0) is 4.79 Å². The van der Waals surface area contributed by atoms with Crippen LogP contribution in [0.5, 0.6) is 0 Å². The normalized spacial score (nSPS) is 17.8. The van der Waals surface area contributed by atoms with Gasteiger partial charge in [-0.3, -0.25) is 9.89 Å². The van der Waals surface area contributed by atoms with Crippen molar-refractivity contribution in [2.24, 2.45) is 17.6 Å². The number of H-pyrrole nitrogens is 1. The van der Waals surface area contributed by atoms with Gasteiger partial charge in [0.2, 0.25) is 5.95 Å². The first-order valence-corrected chi connectivity index (χ1v) is 11.9. The molecule has 2 fully saturated rings. The molecule has 6 nitrogen and oxygen atoms in total. The Balaban J connectivity index is 1.58. The lowest BCUT2D eigenvalue weighted by Crippen LogP contribution is -2.29. The van der Waals surface area contributed by atoms with E-state index in [9.17, 15) is 9.18 Å². The Morgan fingerprint density at radius 2 is 1.62 bits per heavy atom. The Hall–Kier alpha value is -2.70. The summed E-state index contributed by atoms with van der Waals surface area (Å²) in [5.74, 6) is -0.0673. The Bertz CT molecular complexity index is 960. The van der Waals surface area contributed by atoms with Crippen LogP contribution in [0.4, 0.5) is 10.2 Å². The second-order valence-corrected chi connectivity index (χ2v) is 9.34. The van der Waals surface area contributed by atoms with E-state index in [0.29, 0.717) is 34.4 Å². The van der Waals surface area contributed by atoms with Gasteiger partial charge in [0.25, 0.3) is 5.91 Å². The van der Waals surface area contributed by atoms with Crippen molar-refractivity contribution in [3.63, 3.8) is 0 Å². The Labute approximate surface area is 189 Å². The predicted octanol–water partition coefficient (Wildman–Crippen LogP) is 5.54. The molecule has 0 atom stereocenters. The quantitative estimate of drug-likeness (QED) is 0.421. The number of nitrogens with two attached hydrogens (primary N) is 1. The summed E-state index contributed by atoms with van der Waals surface area (Å²) in [7, 11) is 0. The highest BCUT2D eigenvalue weighted by atomic mass is 19.1. The van der Waals surface area contributed by atoms with E-state index in [2.05, 4.69) is 20.5 Å². The van der Waals surface area contributed by atoms with Crippen molar-refractivity contribution in [3.05, 3.63) is 40.7 Å². The fraction of sp³-hybridized carbons (Fsp3) is 0.560. The molecular formula is C25H34FN5O. The molecule has 0 unspecified atom stereocenters. The van der Waals surface area contributed by atoms with E-state index in [4.69, 9.17) is 5.73 Å². The van der Waals surface area contributed by atoms with Gasteiger partial charge >= 0.3 is 0 Å². The first-order valence-electron chi connectivity index (χ1n) is 11.9. The number of halogens is 1. The van der Waals surface area contributed by atoms with Crippen LogP contribution in [0.2, 0.25) is 0 Å². The average molecular weight is 440 g/mol. The van der Waals surface area contributed by atoms with E-state index in [1.807, 2.05) is 13.8 Å². The second-order valence-electron chi connectivity index (χ2n) is 9.34. The lowest BCUT2D eigenvalue weighted by molar-refractivity contribution is -0.113. The van der Waals surface area contributed by atoms with Gasteiger partial charge < -0.3 is 11.1 Å². The second kappa shape index (κ2) is 9.84. The number of aromatic amines is 1. The number of carbonyl (C=O) groups excluding carboxylic acids is 1. The molecule has 0 saturated heterocycles. The number of aryl methyl sites for hydroxylation is 2. The van der Waals surface area contributed by atoms with E-state index in [1.165, 1.54) is 38.5 Å². The molecule has 7 heteroatoms. The summed E-state index contributed by atoms with van der Waals surface area (Å²) in [4.78, 5) is 17.1. The van der Waals surface area contributed by atoms with E-state index >= 15 is 0 Å². The molecule has 2 aromatic rings. The summed E-state index contributed by atoms with van der Waals surface area (Å²) in [6.45, 7) is 3.66. The van der Waals surface area contributed by atoms with Crippen molar-refractivity contribution >= 4 is 11.7 Å². The van der Waals surface area contributed by atoms with Crippen LogP contribution in [0, 0.1) is 31.6 Å². The molecular weight excluding hydrogens is 405 g/mol. The molecule has 2 heterocycles. The maximum absolute atomic E-state index is 14.8. The van der Waals surface area contributed by atoms with E-state index in [-0.39, 0.29) is 11.7 Å². The van der Waals surface area contributed by atoms with Gasteiger partial charge in [-0.25, -0.2) is 4.98 Å². The molecule has 0 aliphatic heterocycles. The monoisotopic (exact) mass is 439 g/mol. The molecule has 172 valence electrons. The van der Waals surface area contributed by atoms with Crippen LogP contribution in [0.3, 0.4) is 0 Å². The summed E-state index contributed by atoms with van der Waals surface area (Å²) in [5.41, 5.74) is 10.5. The van der Waals surface area contributed by atoms with Gasteiger partial charge in [-0.1, -0.05) is 38.5 Å². The van der Waals surface area contributed by atoms with Gasteiger partial charge in [0.05, 0.1) is 11.4 Å². The fourth-order valence-corrected chi connectivity index (χ4v) is 5.55. The van der Waals surface area contributed by atoms with Crippen LogP contribution in [-0.4, -0.2) is 21.1 Å². The highest BCUT2D eigenvalue weighted by molar-refractivity contribution is 6.03. The Morgan fingerprint density at radius 3 is 2.12 bits per heavy atom. The number of anilines is 1. The summed E-state index contributed by atoms with van der Waals surface area (Å²) in [6.07, 6.45) is 11.7. The van der Waals surface area contributed by atoms with Gasteiger partial charge in [0.15, 0.2) is 0 Å². The first kappa shape index (κ1) is 22.5. The first-order chi connectivity index (χ1) is 15.5. The lowest BCUT2D eigenvalue weighted by Gasteiger charge is -2.33. The van der Waals surface area contributed by atoms with Crippen LogP contribution < -0.4 is 11.1 Å². The number of rotatable bonds is 5. The molecule has 0 bridgehead atoms. The van der Waals surface area contributed by atoms with E-state index in [1.54, 1.807) is 12.1 Å². The Kier molecular flexibility index (Phi) is 6.92. The highest BCUT2D eigenvalue weighted by Crippen LogP contribution is 2.40. The molecule has 4 N–H and O–H groups in total. The summed E-state index contributed by atoms with van der Waals surface area (Å²) < 4.78 is 14.8. The number of hydrogen-bond acceptors (Lipinski definition) is 4. The molecule has 4 rings (SSSR count). The maximum atomic E-state index is 14.8. The molecule has 1 amide bonds. The highest BCUT2D eigenvalue weighted by Gasteiger charge is 2.30. The van der Waals surface area contributed by atoms with Crippen LogP contribution in [0.25, 0.3) is 11.1 Å². The molecule has 2 saturated carbocycles. The number of amides is 1. The summed E-state index contributed by atoms with van der Waals surface area (Å²) in [6, 6.07) is 3.25. The van der Waals surface area contributed by atoms with Crippen LogP contribution in [0.1, 0.15) is 75.6 Å². The maximum Gasteiger partial charge on any atom is 0.272 e. The average Bonchev–Trinajstić information content (AvgIpc) is 3.13. The summed E-state index contributed by atoms with van der Waals surface area (Å²) >= 11 is 0. The molecule has 2 aliphatic carbocycles. The smallest absolute Gasteiger partial charge is 0.272 e. The van der Waals surface area contributed by atoms with Gasteiger partial charge in [-0.15, -0.1) is 0 Å². The van der Waals surface area contributed by atoms with Crippen molar-refractivity contribution in [3.8, 4) is 11.1 Å². The number of aromatic nitrogens is 3. The number of hydrogen-bond donors (Lipinski definition) is 3. The van der Waals surface area contributed by atoms with E-state index in [0.717, 1.165) is 37.0 Å². The van der Waals surface area contributed by atoms with Crippen molar-refractivity contribution in [1.82, 2.24) is 15.2 Å². The SMILES string of the molecule is Cc1n[nH]c(C)c1-c1ccc(NC(=O)C(N)=C(C2CCCCC2)C2CCCCC2)nc1F.